The smallest absolute Gasteiger partial charge is 0.227 e. The van der Waals surface area contributed by atoms with Gasteiger partial charge in [0.1, 0.15) is 16.7 Å². The van der Waals surface area contributed by atoms with E-state index >= 15 is 0 Å². The maximum Gasteiger partial charge on any atom is 0.227 e. The summed E-state index contributed by atoms with van der Waals surface area (Å²) in [7, 11) is 0. The molecule has 48 heavy (non-hydrogen) atoms. The number of benzene rings is 7. The first-order chi connectivity index (χ1) is 23.8. The minimum Gasteiger partial charge on any atom is -0.456 e. The highest BCUT2D eigenvalue weighted by atomic mass is 16.4. The van der Waals surface area contributed by atoms with E-state index in [1.165, 1.54) is 16.3 Å². The van der Waals surface area contributed by atoms with Crippen molar-refractivity contribution in [3.8, 4) is 17.1 Å². The van der Waals surface area contributed by atoms with Crippen LogP contribution in [0.1, 0.15) is 0 Å². The average molecular weight is 618 g/mol. The van der Waals surface area contributed by atoms with E-state index in [9.17, 15) is 0 Å². The van der Waals surface area contributed by atoms with Crippen molar-refractivity contribution in [2.75, 3.05) is 4.90 Å². The molecule has 0 unspecified atom stereocenters. The molecular formula is C43H27N3O2. The lowest BCUT2D eigenvalue weighted by Crippen LogP contribution is -2.09. The Morgan fingerprint density at radius 3 is 1.90 bits per heavy atom. The summed E-state index contributed by atoms with van der Waals surface area (Å²) in [5.74, 6) is 0.595. The van der Waals surface area contributed by atoms with Crippen molar-refractivity contribution in [2.24, 2.45) is 0 Å². The van der Waals surface area contributed by atoms with Gasteiger partial charge in [0, 0.05) is 44.5 Å². The Balaban J connectivity index is 1.19. The van der Waals surface area contributed by atoms with Crippen molar-refractivity contribution in [2.45, 2.75) is 0 Å². The minimum absolute atomic E-state index is 0.595. The molecule has 5 heteroatoms. The van der Waals surface area contributed by atoms with Crippen molar-refractivity contribution in [1.29, 1.82) is 0 Å². The van der Waals surface area contributed by atoms with E-state index in [1.807, 2.05) is 42.5 Å². The summed E-state index contributed by atoms with van der Waals surface area (Å²) in [5.41, 5.74) is 10.7. The monoisotopic (exact) mass is 617 g/mol. The van der Waals surface area contributed by atoms with Gasteiger partial charge in [-0.3, -0.25) is 0 Å². The number of hydrogen-bond acceptors (Lipinski definition) is 4. The molecule has 10 aromatic rings. The van der Waals surface area contributed by atoms with E-state index in [0.29, 0.717) is 5.89 Å². The fourth-order valence-corrected chi connectivity index (χ4v) is 7.06. The Hall–Kier alpha value is -6.59. The summed E-state index contributed by atoms with van der Waals surface area (Å²) in [4.78, 5) is 7.28. The molecule has 0 saturated heterocycles. The summed E-state index contributed by atoms with van der Waals surface area (Å²) in [5, 5.41) is 4.35. The number of rotatable bonds is 5. The van der Waals surface area contributed by atoms with Crippen molar-refractivity contribution in [3.05, 3.63) is 164 Å². The number of furan rings is 1. The lowest BCUT2D eigenvalue weighted by atomic mass is 10.1. The highest BCUT2D eigenvalue weighted by molar-refractivity contribution is 6.17. The molecule has 3 heterocycles. The largest absolute Gasteiger partial charge is 0.456 e. The third-order valence-electron chi connectivity index (χ3n) is 9.20. The van der Waals surface area contributed by atoms with Crippen LogP contribution in [0.3, 0.4) is 0 Å². The number of aromatic nitrogens is 2. The van der Waals surface area contributed by atoms with E-state index in [0.717, 1.165) is 66.9 Å². The van der Waals surface area contributed by atoms with Crippen LogP contribution < -0.4 is 4.90 Å². The van der Waals surface area contributed by atoms with E-state index in [-0.39, 0.29) is 0 Å². The topological polar surface area (TPSA) is 47.3 Å². The quantitative estimate of drug-likeness (QED) is 0.193. The highest BCUT2D eigenvalue weighted by Gasteiger charge is 2.20. The van der Waals surface area contributed by atoms with Gasteiger partial charge in [0.05, 0.1) is 16.4 Å². The number of anilines is 3. The second kappa shape index (κ2) is 10.5. The van der Waals surface area contributed by atoms with Gasteiger partial charge in [0.2, 0.25) is 5.89 Å². The first kappa shape index (κ1) is 26.6. The van der Waals surface area contributed by atoms with Crippen LogP contribution in [0.5, 0.6) is 0 Å². The average Bonchev–Trinajstić information content (AvgIpc) is 3.84. The van der Waals surface area contributed by atoms with Crippen molar-refractivity contribution >= 4 is 71.9 Å². The predicted molar refractivity (Wildman–Crippen MR) is 196 cm³/mol. The zero-order chi connectivity index (χ0) is 31.6. The van der Waals surface area contributed by atoms with Crippen LogP contribution >= 0.6 is 0 Å². The highest BCUT2D eigenvalue weighted by Crippen LogP contribution is 2.43. The maximum absolute atomic E-state index is 6.37. The summed E-state index contributed by atoms with van der Waals surface area (Å²) in [6.07, 6.45) is 0. The van der Waals surface area contributed by atoms with Gasteiger partial charge < -0.3 is 18.3 Å². The Labute approximate surface area is 275 Å². The second-order valence-electron chi connectivity index (χ2n) is 12.0. The van der Waals surface area contributed by atoms with Gasteiger partial charge in [-0.05, 0) is 91.0 Å². The van der Waals surface area contributed by atoms with Gasteiger partial charge in [-0.2, -0.15) is 0 Å². The van der Waals surface area contributed by atoms with Crippen LogP contribution in [0.15, 0.2) is 173 Å². The Morgan fingerprint density at radius 2 is 1.08 bits per heavy atom. The van der Waals surface area contributed by atoms with Crippen molar-refractivity contribution < 1.29 is 8.83 Å². The van der Waals surface area contributed by atoms with Crippen LogP contribution in [0.25, 0.3) is 72.0 Å². The normalized spacial score (nSPS) is 11.8. The molecule has 7 aromatic carbocycles. The molecule has 0 aliphatic heterocycles. The third kappa shape index (κ3) is 4.08. The van der Waals surface area contributed by atoms with E-state index in [2.05, 4.69) is 131 Å². The first-order valence-corrected chi connectivity index (χ1v) is 16.1. The van der Waals surface area contributed by atoms with Crippen LogP contribution in [-0.4, -0.2) is 9.55 Å². The molecule has 10 rings (SSSR count). The molecule has 0 N–H and O–H groups in total. The van der Waals surface area contributed by atoms with Crippen LogP contribution in [0.4, 0.5) is 17.1 Å². The van der Waals surface area contributed by atoms with Crippen LogP contribution in [0, 0.1) is 0 Å². The van der Waals surface area contributed by atoms with E-state index in [1.54, 1.807) is 0 Å². The molecule has 5 nitrogen and oxygen atoms in total. The number of para-hydroxylation sites is 3. The molecular weight excluding hydrogens is 590 g/mol. The number of oxazole rings is 1. The summed E-state index contributed by atoms with van der Waals surface area (Å²) >= 11 is 0. The first-order valence-electron chi connectivity index (χ1n) is 16.1. The Morgan fingerprint density at radius 1 is 0.458 bits per heavy atom. The fraction of sp³-hybridized carbons (Fsp3) is 0. The molecule has 0 spiro atoms. The van der Waals surface area contributed by atoms with Crippen molar-refractivity contribution in [3.63, 3.8) is 0 Å². The molecule has 0 fully saturated rings. The molecule has 0 bridgehead atoms. The third-order valence-corrected chi connectivity index (χ3v) is 9.20. The summed E-state index contributed by atoms with van der Waals surface area (Å²) in [6.45, 7) is 0. The Bertz CT molecular complexity index is 2780. The number of fused-ring (bicyclic) bond motifs is 8. The van der Waals surface area contributed by atoms with Gasteiger partial charge in [-0.25, -0.2) is 4.98 Å². The molecule has 0 aliphatic rings. The van der Waals surface area contributed by atoms with Gasteiger partial charge in [-0.1, -0.05) is 72.8 Å². The van der Waals surface area contributed by atoms with Gasteiger partial charge in [0.15, 0.2) is 5.58 Å². The minimum atomic E-state index is 0.595. The SMILES string of the molecule is c1ccc(-c2nc3c(ccc4oc5ccc(N(c6ccccc6)c6ccc7c(c6)c6ccccc6n7-c6ccccc6)cc5c43)o2)cc1. The van der Waals surface area contributed by atoms with Gasteiger partial charge in [0.25, 0.3) is 0 Å². The standard InChI is InChI=1S/C43H27N3O2/c1-4-12-28(13-5-1)43-44-42-40(48-43)25-24-39-41(42)35-27-32(21-23-38(35)47-39)45(29-14-6-2-7-15-29)31-20-22-37-34(26-31)33-18-10-11-19-36(33)46(37)30-16-8-3-9-17-30/h1-27H. The lowest BCUT2D eigenvalue weighted by molar-refractivity contribution is 0.619. The van der Waals surface area contributed by atoms with Gasteiger partial charge in [-0.15, -0.1) is 0 Å². The van der Waals surface area contributed by atoms with E-state index < -0.39 is 0 Å². The Kier molecular flexibility index (Phi) is 5.81. The summed E-state index contributed by atoms with van der Waals surface area (Å²) in [6, 6.07) is 56.8. The molecule has 0 radical (unpaired) electrons. The maximum atomic E-state index is 6.37. The van der Waals surface area contributed by atoms with Crippen LogP contribution in [-0.2, 0) is 0 Å². The van der Waals surface area contributed by atoms with Gasteiger partial charge >= 0.3 is 0 Å². The zero-order valence-electron chi connectivity index (χ0n) is 25.7. The summed E-state index contributed by atoms with van der Waals surface area (Å²) < 4.78 is 15.0. The fourth-order valence-electron chi connectivity index (χ4n) is 7.06. The molecule has 3 aromatic heterocycles. The predicted octanol–water partition coefficient (Wildman–Crippen LogP) is 12.0. The molecule has 226 valence electrons. The molecule has 0 atom stereocenters. The zero-order valence-corrected chi connectivity index (χ0v) is 25.7. The molecule has 0 amide bonds. The number of nitrogens with zero attached hydrogens (tertiary/aromatic N) is 3. The van der Waals surface area contributed by atoms with E-state index in [4.69, 9.17) is 13.8 Å². The van der Waals surface area contributed by atoms with Crippen LogP contribution in [0.2, 0.25) is 0 Å². The molecule has 0 aliphatic carbocycles. The molecule has 0 saturated carbocycles. The number of hydrogen-bond donors (Lipinski definition) is 0. The second-order valence-corrected chi connectivity index (χ2v) is 12.0. The van der Waals surface area contributed by atoms with Crippen molar-refractivity contribution in [1.82, 2.24) is 9.55 Å². The lowest BCUT2D eigenvalue weighted by Gasteiger charge is -2.25.